The van der Waals surface area contributed by atoms with Gasteiger partial charge < -0.3 is 5.73 Å². The normalized spacial score (nSPS) is 24.7. The molecule has 2 fully saturated rings. The summed E-state index contributed by atoms with van der Waals surface area (Å²) in [6.45, 7) is 6.05. The van der Waals surface area contributed by atoms with Gasteiger partial charge in [0.15, 0.2) is 0 Å². The second-order valence-electron chi connectivity index (χ2n) is 5.33. The van der Waals surface area contributed by atoms with Crippen LogP contribution in [0.5, 0.6) is 0 Å². The molecule has 2 rings (SSSR count). The van der Waals surface area contributed by atoms with Gasteiger partial charge >= 0.3 is 0 Å². The van der Waals surface area contributed by atoms with Crippen LogP contribution in [0.3, 0.4) is 0 Å². The maximum atomic E-state index is 6.37. The molecule has 0 atom stereocenters. The Morgan fingerprint density at radius 1 is 1.33 bits per heavy atom. The van der Waals surface area contributed by atoms with Gasteiger partial charge in [0.25, 0.3) is 0 Å². The van der Waals surface area contributed by atoms with Crippen molar-refractivity contribution in [1.82, 2.24) is 4.90 Å². The van der Waals surface area contributed by atoms with E-state index in [-0.39, 0.29) is 5.54 Å². The molecule has 15 heavy (non-hydrogen) atoms. The zero-order valence-corrected chi connectivity index (χ0v) is 9.75. The lowest BCUT2D eigenvalue weighted by Gasteiger charge is -2.28. The molecule has 0 aromatic heterocycles. The lowest BCUT2D eigenvalue weighted by atomic mass is 9.94. The van der Waals surface area contributed by atoms with Crippen molar-refractivity contribution >= 4 is 0 Å². The molecule has 0 aromatic rings. The molecule has 0 aromatic carbocycles. The summed E-state index contributed by atoms with van der Waals surface area (Å²) >= 11 is 0. The Morgan fingerprint density at radius 3 is 2.53 bits per heavy atom. The van der Waals surface area contributed by atoms with Crippen LogP contribution >= 0.6 is 0 Å². The van der Waals surface area contributed by atoms with E-state index in [0.717, 1.165) is 12.6 Å². The molecule has 2 nitrogen and oxygen atoms in total. The summed E-state index contributed by atoms with van der Waals surface area (Å²) in [6.07, 6.45) is 11.1. The number of hydrogen-bond donors (Lipinski definition) is 1. The molecule has 0 heterocycles. The first-order valence-corrected chi connectivity index (χ1v) is 6.37. The van der Waals surface area contributed by atoms with Crippen molar-refractivity contribution in [1.29, 1.82) is 0 Å². The molecule has 0 bridgehead atoms. The first kappa shape index (κ1) is 11.2. The van der Waals surface area contributed by atoms with Gasteiger partial charge in [-0.15, -0.1) is 6.58 Å². The summed E-state index contributed by atoms with van der Waals surface area (Å²) in [5.74, 6) is 0. The highest BCUT2D eigenvalue weighted by molar-refractivity contribution is 4.93. The Bertz CT molecular complexity index is 215. The minimum absolute atomic E-state index is 0.161. The summed E-state index contributed by atoms with van der Waals surface area (Å²) in [6, 6.07) is 0.841. The SMILES string of the molecule is C=CCN(CCC1(N)CCCC1)C1CC1. The van der Waals surface area contributed by atoms with E-state index in [1.807, 2.05) is 6.08 Å². The van der Waals surface area contributed by atoms with Crippen LogP contribution in [0.15, 0.2) is 12.7 Å². The molecule has 2 heteroatoms. The fourth-order valence-electron chi connectivity index (χ4n) is 2.72. The Balaban J connectivity index is 1.76. The molecule has 0 unspecified atom stereocenters. The van der Waals surface area contributed by atoms with Gasteiger partial charge in [0.1, 0.15) is 0 Å². The van der Waals surface area contributed by atoms with Crippen LogP contribution < -0.4 is 5.73 Å². The van der Waals surface area contributed by atoms with Crippen molar-refractivity contribution in [2.75, 3.05) is 13.1 Å². The highest BCUT2D eigenvalue weighted by Crippen LogP contribution is 2.32. The van der Waals surface area contributed by atoms with Crippen molar-refractivity contribution < 1.29 is 0 Å². The van der Waals surface area contributed by atoms with E-state index in [2.05, 4.69) is 11.5 Å². The minimum atomic E-state index is 0.161. The summed E-state index contributed by atoms with van der Waals surface area (Å²) in [4.78, 5) is 2.56. The second-order valence-corrected chi connectivity index (χ2v) is 5.33. The fraction of sp³-hybridized carbons (Fsp3) is 0.846. The van der Waals surface area contributed by atoms with Gasteiger partial charge in [-0.05, 0) is 32.1 Å². The molecular formula is C13H24N2. The van der Waals surface area contributed by atoms with E-state index in [4.69, 9.17) is 5.73 Å². The van der Waals surface area contributed by atoms with Crippen molar-refractivity contribution in [2.24, 2.45) is 5.73 Å². The predicted molar refractivity (Wildman–Crippen MR) is 64.8 cm³/mol. The number of hydrogen-bond acceptors (Lipinski definition) is 2. The largest absolute Gasteiger partial charge is 0.325 e. The number of rotatable bonds is 6. The third-order valence-electron chi connectivity index (χ3n) is 3.92. The molecule has 2 aliphatic carbocycles. The van der Waals surface area contributed by atoms with Crippen LogP contribution in [0.25, 0.3) is 0 Å². The Kier molecular flexibility index (Phi) is 3.47. The average molecular weight is 208 g/mol. The van der Waals surface area contributed by atoms with Crippen LogP contribution in [-0.2, 0) is 0 Å². The Hall–Kier alpha value is -0.340. The molecule has 0 aliphatic heterocycles. The third-order valence-corrected chi connectivity index (χ3v) is 3.92. The number of nitrogens with zero attached hydrogens (tertiary/aromatic N) is 1. The molecule has 2 aliphatic rings. The highest BCUT2D eigenvalue weighted by atomic mass is 15.2. The molecule has 2 saturated carbocycles. The van der Waals surface area contributed by atoms with E-state index in [9.17, 15) is 0 Å². The first-order valence-electron chi connectivity index (χ1n) is 6.37. The summed E-state index contributed by atoms with van der Waals surface area (Å²) in [5, 5.41) is 0. The highest BCUT2D eigenvalue weighted by Gasteiger charge is 2.32. The predicted octanol–water partition coefficient (Wildman–Crippen LogP) is 2.30. The van der Waals surface area contributed by atoms with Crippen LogP contribution in [0, 0.1) is 0 Å². The maximum Gasteiger partial charge on any atom is 0.0166 e. The maximum absolute atomic E-state index is 6.37. The zero-order chi connectivity index (χ0) is 10.7. The van der Waals surface area contributed by atoms with E-state index in [1.165, 1.54) is 51.5 Å². The van der Waals surface area contributed by atoms with E-state index >= 15 is 0 Å². The summed E-state index contributed by atoms with van der Waals surface area (Å²) < 4.78 is 0. The molecular weight excluding hydrogens is 184 g/mol. The number of nitrogens with two attached hydrogens (primary N) is 1. The van der Waals surface area contributed by atoms with Crippen molar-refractivity contribution in [3.63, 3.8) is 0 Å². The standard InChI is InChI=1S/C13H24N2/c1-2-10-15(12-5-6-12)11-9-13(14)7-3-4-8-13/h2,12H,1,3-11,14H2. The van der Waals surface area contributed by atoms with Gasteiger partial charge in [-0.25, -0.2) is 0 Å². The van der Waals surface area contributed by atoms with Gasteiger partial charge in [0.2, 0.25) is 0 Å². The van der Waals surface area contributed by atoms with Gasteiger partial charge in [-0.1, -0.05) is 18.9 Å². The van der Waals surface area contributed by atoms with E-state index in [0.29, 0.717) is 0 Å². The summed E-state index contributed by atoms with van der Waals surface area (Å²) in [5.41, 5.74) is 6.53. The summed E-state index contributed by atoms with van der Waals surface area (Å²) in [7, 11) is 0. The van der Waals surface area contributed by atoms with Crippen LogP contribution in [-0.4, -0.2) is 29.6 Å². The molecule has 0 spiro atoms. The zero-order valence-electron chi connectivity index (χ0n) is 9.75. The van der Waals surface area contributed by atoms with Gasteiger partial charge in [-0.2, -0.15) is 0 Å². The van der Waals surface area contributed by atoms with E-state index in [1.54, 1.807) is 0 Å². The van der Waals surface area contributed by atoms with Crippen LogP contribution in [0.1, 0.15) is 44.9 Å². The topological polar surface area (TPSA) is 29.3 Å². The first-order chi connectivity index (χ1) is 7.23. The van der Waals surface area contributed by atoms with Crippen molar-refractivity contribution in [3.05, 3.63) is 12.7 Å². The molecule has 86 valence electrons. The smallest absolute Gasteiger partial charge is 0.0166 e. The lowest BCUT2D eigenvalue weighted by molar-refractivity contribution is 0.250. The van der Waals surface area contributed by atoms with Crippen LogP contribution in [0.4, 0.5) is 0 Å². The van der Waals surface area contributed by atoms with Gasteiger partial charge in [0.05, 0.1) is 0 Å². The van der Waals surface area contributed by atoms with E-state index < -0.39 is 0 Å². The van der Waals surface area contributed by atoms with Crippen LogP contribution in [0.2, 0.25) is 0 Å². The van der Waals surface area contributed by atoms with Gasteiger partial charge in [-0.3, -0.25) is 4.90 Å². The molecule has 0 radical (unpaired) electrons. The minimum Gasteiger partial charge on any atom is -0.325 e. The Labute approximate surface area is 93.5 Å². The third kappa shape index (κ3) is 3.05. The van der Waals surface area contributed by atoms with Crippen molar-refractivity contribution in [3.8, 4) is 0 Å². The van der Waals surface area contributed by atoms with Crippen molar-refractivity contribution in [2.45, 2.75) is 56.5 Å². The molecule has 0 amide bonds. The van der Waals surface area contributed by atoms with Gasteiger partial charge in [0, 0.05) is 24.7 Å². The second kappa shape index (κ2) is 4.67. The fourth-order valence-corrected chi connectivity index (χ4v) is 2.72. The lowest BCUT2D eigenvalue weighted by Crippen LogP contribution is -2.41. The molecule has 0 saturated heterocycles. The Morgan fingerprint density at radius 2 is 2.00 bits per heavy atom. The quantitative estimate of drug-likeness (QED) is 0.679. The molecule has 2 N–H and O–H groups in total. The monoisotopic (exact) mass is 208 g/mol. The average Bonchev–Trinajstić information content (AvgIpc) is 2.97.